The van der Waals surface area contributed by atoms with Gasteiger partial charge < -0.3 is 9.47 Å². The molecule has 2 fully saturated rings. The number of piperidine rings is 1. The lowest BCUT2D eigenvalue weighted by Crippen LogP contribution is -2.39. The van der Waals surface area contributed by atoms with Gasteiger partial charge in [-0.05, 0) is 38.0 Å². The van der Waals surface area contributed by atoms with Gasteiger partial charge in [0.1, 0.15) is 5.69 Å². The third-order valence-corrected chi connectivity index (χ3v) is 4.64. The second kappa shape index (κ2) is 3.84. The van der Waals surface area contributed by atoms with Crippen molar-refractivity contribution in [2.24, 2.45) is 11.3 Å². The molecule has 1 amide bonds. The van der Waals surface area contributed by atoms with Gasteiger partial charge in [-0.15, -0.1) is 0 Å². The number of amides is 1. The number of rotatable bonds is 2. The van der Waals surface area contributed by atoms with Crippen molar-refractivity contribution in [2.75, 3.05) is 13.1 Å². The number of hydrogen-bond acceptors (Lipinski definition) is 2. The van der Waals surface area contributed by atoms with Crippen molar-refractivity contribution >= 4 is 5.91 Å². The van der Waals surface area contributed by atoms with E-state index in [-0.39, 0.29) is 5.91 Å². The highest BCUT2D eigenvalue weighted by Crippen LogP contribution is 2.57. The van der Waals surface area contributed by atoms with E-state index < -0.39 is 0 Å². The minimum Gasteiger partial charge on any atom is -0.337 e. The Morgan fingerprint density at radius 3 is 2.94 bits per heavy atom. The van der Waals surface area contributed by atoms with Crippen LogP contribution < -0.4 is 0 Å². The van der Waals surface area contributed by atoms with Crippen molar-refractivity contribution in [3.8, 4) is 0 Å². The molecule has 1 aromatic rings. The average Bonchev–Trinajstić information content (AvgIpc) is 2.78. The van der Waals surface area contributed by atoms with Gasteiger partial charge in [0.15, 0.2) is 0 Å². The first-order chi connectivity index (χ1) is 8.49. The van der Waals surface area contributed by atoms with E-state index >= 15 is 0 Å². The molecule has 0 spiro atoms. The molecular weight excluding hydrogens is 226 g/mol. The van der Waals surface area contributed by atoms with Crippen molar-refractivity contribution in [3.05, 3.63) is 18.2 Å². The number of aromatic nitrogens is 2. The Kier molecular flexibility index (Phi) is 2.50. The Balaban J connectivity index is 1.70. The standard InChI is InChI=1S/C14H21N3O/c1-10(2)17-8-12(15-9-17)13(18)16-5-4-14(3)6-11(14)7-16/h8-11H,4-7H2,1-3H3. The molecule has 0 aromatic carbocycles. The van der Waals surface area contributed by atoms with Crippen LogP contribution in [-0.2, 0) is 0 Å². The highest BCUT2D eigenvalue weighted by Gasteiger charge is 2.53. The second-order valence-electron chi connectivity index (χ2n) is 6.36. The summed E-state index contributed by atoms with van der Waals surface area (Å²) in [4.78, 5) is 18.6. The van der Waals surface area contributed by atoms with E-state index in [2.05, 4.69) is 25.8 Å². The lowest BCUT2D eigenvalue weighted by molar-refractivity contribution is 0.0685. The van der Waals surface area contributed by atoms with Crippen molar-refractivity contribution in [1.82, 2.24) is 14.5 Å². The van der Waals surface area contributed by atoms with Crippen molar-refractivity contribution in [3.63, 3.8) is 0 Å². The third-order valence-electron chi connectivity index (χ3n) is 4.64. The predicted octanol–water partition coefficient (Wildman–Crippen LogP) is 2.34. The first-order valence-corrected chi connectivity index (χ1v) is 6.82. The number of nitrogens with zero attached hydrogens (tertiary/aromatic N) is 3. The van der Waals surface area contributed by atoms with E-state index in [1.807, 2.05) is 15.7 Å². The molecule has 0 bridgehead atoms. The van der Waals surface area contributed by atoms with Crippen LogP contribution in [0.3, 0.4) is 0 Å². The van der Waals surface area contributed by atoms with Crippen LogP contribution in [-0.4, -0.2) is 33.4 Å². The van der Waals surface area contributed by atoms with Crippen LogP contribution in [0.2, 0.25) is 0 Å². The predicted molar refractivity (Wildman–Crippen MR) is 69.3 cm³/mol. The summed E-state index contributed by atoms with van der Waals surface area (Å²) in [7, 11) is 0. The first-order valence-electron chi connectivity index (χ1n) is 6.82. The molecule has 3 rings (SSSR count). The molecule has 1 aromatic heterocycles. The van der Waals surface area contributed by atoms with E-state index in [0.29, 0.717) is 17.2 Å². The maximum absolute atomic E-state index is 12.4. The Labute approximate surface area is 108 Å². The maximum Gasteiger partial charge on any atom is 0.274 e. The molecule has 1 saturated heterocycles. The summed E-state index contributed by atoms with van der Waals surface area (Å²) in [5.41, 5.74) is 1.13. The Bertz CT molecular complexity index is 479. The van der Waals surface area contributed by atoms with Crippen LogP contribution in [0.1, 0.15) is 50.1 Å². The summed E-state index contributed by atoms with van der Waals surface area (Å²) in [6, 6.07) is 0.354. The quantitative estimate of drug-likeness (QED) is 0.804. The zero-order valence-corrected chi connectivity index (χ0v) is 11.4. The Hall–Kier alpha value is -1.32. The van der Waals surface area contributed by atoms with Gasteiger partial charge in [-0.25, -0.2) is 4.98 Å². The second-order valence-corrected chi connectivity index (χ2v) is 6.36. The minimum atomic E-state index is 0.100. The summed E-state index contributed by atoms with van der Waals surface area (Å²) in [6.07, 6.45) is 6.06. The van der Waals surface area contributed by atoms with E-state index in [1.165, 1.54) is 6.42 Å². The lowest BCUT2D eigenvalue weighted by atomic mass is 9.98. The molecule has 2 unspecified atom stereocenters. The number of hydrogen-bond donors (Lipinski definition) is 0. The summed E-state index contributed by atoms with van der Waals surface area (Å²) in [6.45, 7) is 8.33. The van der Waals surface area contributed by atoms with Gasteiger partial charge in [0.2, 0.25) is 0 Å². The SMILES string of the molecule is CC(C)n1cnc(C(=O)N2CCC3(C)CC3C2)c1. The van der Waals surface area contributed by atoms with Crippen LogP contribution in [0.25, 0.3) is 0 Å². The van der Waals surface area contributed by atoms with Crippen LogP contribution in [0.4, 0.5) is 0 Å². The zero-order chi connectivity index (χ0) is 12.9. The van der Waals surface area contributed by atoms with Gasteiger partial charge in [0.25, 0.3) is 5.91 Å². The molecule has 2 aliphatic rings. The molecule has 0 radical (unpaired) electrons. The van der Waals surface area contributed by atoms with Crippen LogP contribution in [0.5, 0.6) is 0 Å². The smallest absolute Gasteiger partial charge is 0.274 e. The number of carbonyl (C=O) groups excluding carboxylic acids is 1. The molecule has 1 saturated carbocycles. The van der Waals surface area contributed by atoms with Gasteiger partial charge in [-0.3, -0.25) is 4.79 Å². The highest BCUT2D eigenvalue weighted by molar-refractivity contribution is 5.92. The highest BCUT2D eigenvalue weighted by atomic mass is 16.2. The molecule has 4 nitrogen and oxygen atoms in total. The lowest BCUT2D eigenvalue weighted by Gasteiger charge is -2.29. The largest absolute Gasteiger partial charge is 0.337 e. The fourth-order valence-corrected chi connectivity index (χ4v) is 2.92. The molecule has 1 aliphatic carbocycles. The number of carbonyl (C=O) groups is 1. The average molecular weight is 247 g/mol. The molecule has 2 atom stereocenters. The summed E-state index contributed by atoms with van der Waals surface area (Å²) < 4.78 is 1.98. The maximum atomic E-state index is 12.4. The van der Waals surface area contributed by atoms with E-state index in [4.69, 9.17) is 0 Å². The molecule has 98 valence electrons. The van der Waals surface area contributed by atoms with Gasteiger partial charge in [-0.1, -0.05) is 6.92 Å². The normalized spacial score (nSPS) is 30.4. The number of imidazole rings is 1. The van der Waals surface area contributed by atoms with Gasteiger partial charge in [0.05, 0.1) is 6.33 Å². The van der Waals surface area contributed by atoms with E-state index in [0.717, 1.165) is 25.4 Å². The van der Waals surface area contributed by atoms with E-state index in [9.17, 15) is 4.79 Å². The Morgan fingerprint density at radius 1 is 1.56 bits per heavy atom. The van der Waals surface area contributed by atoms with Gasteiger partial charge in [0, 0.05) is 25.3 Å². The summed E-state index contributed by atoms with van der Waals surface area (Å²) in [5.74, 6) is 0.825. The topological polar surface area (TPSA) is 38.1 Å². The minimum absolute atomic E-state index is 0.100. The molecular formula is C14H21N3O. The molecule has 2 heterocycles. The van der Waals surface area contributed by atoms with Gasteiger partial charge >= 0.3 is 0 Å². The van der Waals surface area contributed by atoms with E-state index in [1.54, 1.807) is 6.33 Å². The first kappa shape index (κ1) is 11.8. The molecule has 1 aliphatic heterocycles. The fraction of sp³-hybridized carbons (Fsp3) is 0.714. The molecule has 18 heavy (non-hydrogen) atoms. The fourth-order valence-electron chi connectivity index (χ4n) is 2.92. The van der Waals surface area contributed by atoms with Crippen molar-refractivity contribution in [1.29, 1.82) is 0 Å². The number of fused-ring (bicyclic) bond motifs is 1. The molecule has 0 N–H and O–H groups in total. The summed E-state index contributed by atoms with van der Waals surface area (Å²) >= 11 is 0. The van der Waals surface area contributed by atoms with Crippen LogP contribution in [0, 0.1) is 11.3 Å². The Morgan fingerprint density at radius 2 is 2.33 bits per heavy atom. The van der Waals surface area contributed by atoms with Crippen LogP contribution in [0.15, 0.2) is 12.5 Å². The van der Waals surface area contributed by atoms with Crippen LogP contribution >= 0.6 is 0 Å². The molecule has 4 heteroatoms. The third kappa shape index (κ3) is 1.84. The zero-order valence-electron chi connectivity index (χ0n) is 11.4. The number of likely N-dealkylation sites (tertiary alicyclic amines) is 1. The summed E-state index contributed by atoms with van der Waals surface area (Å²) in [5, 5.41) is 0. The van der Waals surface area contributed by atoms with Crippen molar-refractivity contribution < 1.29 is 4.79 Å². The van der Waals surface area contributed by atoms with Crippen molar-refractivity contribution in [2.45, 2.75) is 39.7 Å². The van der Waals surface area contributed by atoms with Gasteiger partial charge in [-0.2, -0.15) is 0 Å². The monoisotopic (exact) mass is 247 g/mol.